The first kappa shape index (κ1) is 9.69. The van der Waals surface area contributed by atoms with E-state index in [0.717, 1.165) is 7.11 Å². The minimum Gasteiger partial charge on any atom is -0.479 e. The Morgan fingerprint density at radius 2 is 2.00 bits per heavy atom. The van der Waals surface area contributed by atoms with Gasteiger partial charge in [0.2, 0.25) is 11.6 Å². The van der Waals surface area contributed by atoms with Crippen LogP contribution in [0.2, 0.25) is 0 Å². The molecule has 0 bridgehead atoms. The number of nitrogens with zero attached hydrogens (tertiary/aromatic N) is 2. The summed E-state index contributed by atoms with van der Waals surface area (Å²) in [5, 5.41) is 0. The minimum absolute atomic E-state index is 0.411. The van der Waals surface area contributed by atoms with E-state index >= 15 is 0 Å². The van der Waals surface area contributed by atoms with E-state index in [2.05, 4.69) is 14.7 Å². The van der Waals surface area contributed by atoms with Gasteiger partial charge in [0.15, 0.2) is 0 Å². The fourth-order valence-electron chi connectivity index (χ4n) is 0.631. The van der Waals surface area contributed by atoms with E-state index in [0.29, 0.717) is 6.20 Å². The average Bonchev–Trinajstić information content (AvgIpc) is 2.03. The van der Waals surface area contributed by atoms with Crippen molar-refractivity contribution >= 4 is 0 Å². The Balaban J connectivity index is 3.14. The van der Waals surface area contributed by atoms with Crippen LogP contribution in [-0.4, -0.2) is 17.1 Å². The maximum atomic E-state index is 12.5. The van der Waals surface area contributed by atoms with Gasteiger partial charge in [-0.15, -0.1) is 0 Å². The Morgan fingerprint density at radius 1 is 1.38 bits per heavy atom. The predicted molar refractivity (Wildman–Crippen MR) is 33.5 cm³/mol. The zero-order valence-corrected chi connectivity index (χ0v) is 6.39. The lowest BCUT2D eigenvalue weighted by Crippen LogP contribution is -2.12. The topological polar surface area (TPSA) is 35.0 Å². The van der Waals surface area contributed by atoms with E-state index < -0.39 is 23.7 Å². The number of rotatable bonds is 1. The third-order valence-corrected chi connectivity index (χ3v) is 1.16. The summed E-state index contributed by atoms with van der Waals surface area (Å²) in [6, 6.07) is 0. The second kappa shape index (κ2) is 3.15. The molecule has 0 saturated carbocycles. The van der Waals surface area contributed by atoms with Crippen LogP contribution in [0.3, 0.4) is 0 Å². The normalized spacial score (nSPS) is 11.5. The lowest BCUT2D eigenvalue weighted by Gasteiger charge is -2.05. The highest BCUT2D eigenvalue weighted by atomic mass is 19.4. The number of ether oxygens (including phenoxy) is 1. The van der Waals surface area contributed by atoms with Crippen LogP contribution in [0, 0.1) is 5.82 Å². The summed E-state index contributed by atoms with van der Waals surface area (Å²) in [6.45, 7) is 0. The molecular weight excluding hydrogens is 192 g/mol. The number of hydrogen-bond acceptors (Lipinski definition) is 3. The molecule has 13 heavy (non-hydrogen) atoms. The molecule has 1 aromatic rings. The van der Waals surface area contributed by atoms with Crippen LogP contribution in [0.4, 0.5) is 17.6 Å². The standard InChI is InChI=1S/C6H4F4N2O/c1-13-4-3(7)2-11-5(12-4)6(8,9)10/h2H,1H3. The number of aromatic nitrogens is 2. The van der Waals surface area contributed by atoms with Crippen molar-refractivity contribution in [2.45, 2.75) is 6.18 Å². The molecule has 0 aliphatic carbocycles. The van der Waals surface area contributed by atoms with Gasteiger partial charge in [-0.2, -0.15) is 22.5 Å². The van der Waals surface area contributed by atoms with E-state index in [9.17, 15) is 17.6 Å². The van der Waals surface area contributed by atoms with Crippen LogP contribution in [0.15, 0.2) is 6.20 Å². The monoisotopic (exact) mass is 196 g/mol. The molecule has 0 aliphatic heterocycles. The van der Waals surface area contributed by atoms with E-state index in [-0.39, 0.29) is 0 Å². The molecule has 1 rings (SSSR count). The van der Waals surface area contributed by atoms with Gasteiger partial charge in [0, 0.05) is 0 Å². The van der Waals surface area contributed by atoms with Gasteiger partial charge >= 0.3 is 6.18 Å². The van der Waals surface area contributed by atoms with Crippen molar-refractivity contribution in [2.75, 3.05) is 7.11 Å². The molecule has 1 heterocycles. The zero-order chi connectivity index (χ0) is 10.1. The van der Waals surface area contributed by atoms with Gasteiger partial charge in [-0.05, 0) is 0 Å². The van der Waals surface area contributed by atoms with Gasteiger partial charge in [-0.1, -0.05) is 0 Å². The summed E-state index contributed by atoms with van der Waals surface area (Å²) >= 11 is 0. The quantitative estimate of drug-likeness (QED) is 0.640. The van der Waals surface area contributed by atoms with Crippen molar-refractivity contribution in [3.8, 4) is 5.88 Å². The first-order valence-electron chi connectivity index (χ1n) is 3.09. The first-order chi connectivity index (χ1) is 5.95. The molecule has 7 heteroatoms. The molecule has 0 unspecified atom stereocenters. The Kier molecular flexibility index (Phi) is 2.35. The smallest absolute Gasteiger partial charge is 0.451 e. The van der Waals surface area contributed by atoms with E-state index in [4.69, 9.17) is 0 Å². The highest BCUT2D eigenvalue weighted by Crippen LogP contribution is 2.27. The van der Waals surface area contributed by atoms with Crippen LogP contribution in [-0.2, 0) is 6.18 Å². The number of alkyl halides is 3. The second-order valence-electron chi connectivity index (χ2n) is 2.05. The molecule has 0 saturated heterocycles. The van der Waals surface area contributed by atoms with E-state index in [1.54, 1.807) is 0 Å². The number of methoxy groups -OCH3 is 1. The molecular formula is C6H4F4N2O. The van der Waals surface area contributed by atoms with Gasteiger partial charge in [0.25, 0.3) is 5.88 Å². The van der Waals surface area contributed by atoms with Crippen molar-refractivity contribution in [2.24, 2.45) is 0 Å². The maximum Gasteiger partial charge on any atom is 0.451 e. The molecule has 72 valence electrons. The Hall–Kier alpha value is -1.40. The maximum absolute atomic E-state index is 12.5. The molecule has 0 N–H and O–H groups in total. The Labute approximate surface area is 70.4 Å². The van der Waals surface area contributed by atoms with Crippen molar-refractivity contribution in [1.82, 2.24) is 9.97 Å². The number of hydrogen-bond donors (Lipinski definition) is 0. The predicted octanol–water partition coefficient (Wildman–Crippen LogP) is 1.64. The summed E-state index contributed by atoms with van der Waals surface area (Å²) in [4.78, 5) is 5.60. The summed E-state index contributed by atoms with van der Waals surface area (Å²) in [7, 11) is 1.02. The third-order valence-electron chi connectivity index (χ3n) is 1.16. The molecule has 0 spiro atoms. The Morgan fingerprint density at radius 3 is 2.46 bits per heavy atom. The largest absolute Gasteiger partial charge is 0.479 e. The highest BCUT2D eigenvalue weighted by molar-refractivity contribution is 5.12. The third kappa shape index (κ3) is 2.04. The van der Waals surface area contributed by atoms with Crippen LogP contribution in [0.25, 0.3) is 0 Å². The van der Waals surface area contributed by atoms with Crippen molar-refractivity contribution < 1.29 is 22.3 Å². The molecule has 3 nitrogen and oxygen atoms in total. The lowest BCUT2D eigenvalue weighted by atomic mass is 10.5. The summed E-state index contributed by atoms with van der Waals surface area (Å²) in [5.41, 5.74) is 0. The Bertz CT molecular complexity index is 312. The molecule has 0 radical (unpaired) electrons. The van der Waals surface area contributed by atoms with Gasteiger partial charge in [0.1, 0.15) is 0 Å². The van der Waals surface area contributed by atoms with Crippen LogP contribution < -0.4 is 4.74 Å². The van der Waals surface area contributed by atoms with Crippen molar-refractivity contribution in [3.63, 3.8) is 0 Å². The molecule has 0 aromatic carbocycles. The van der Waals surface area contributed by atoms with Gasteiger partial charge < -0.3 is 4.74 Å². The molecule has 0 fully saturated rings. The fraction of sp³-hybridized carbons (Fsp3) is 0.333. The zero-order valence-electron chi connectivity index (χ0n) is 6.39. The molecule has 0 aliphatic rings. The SMILES string of the molecule is COc1nc(C(F)(F)F)ncc1F. The summed E-state index contributed by atoms with van der Waals surface area (Å²) in [5.74, 6) is -3.18. The van der Waals surface area contributed by atoms with Crippen LogP contribution in [0.1, 0.15) is 5.82 Å². The first-order valence-corrected chi connectivity index (χ1v) is 3.09. The van der Waals surface area contributed by atoms with Gasteiger partial charge in [-0.25, -0.2) is 4.98 Å². The van der Waals surface area contributed by atoms with E-state index in [1.165, 1.54) is 0 Å². The van der Waals surface area contributed by atoms with Crippen molar-refractivity contribution in [3.05, 3.63) is 17.8 Å². The van der Waals surface area contributed by atoms with Gasteiger partial charge in [0.05, 0.1) is 13.3 Å². The van der Waals surface area contributed by atoms with Crippen LogP contribution in [0.5, 0.6) is 5.88 Å². The minimum atomic E-state index is -4.69. The van der Waals surface area contributed by atoms with E-state index in [1.807, 2.05) is 0 Å². The lowest BCUT2D eigenvalue weighted by molar-refractivity contribution is -0.145. The summed E-state index contributed by atoms with van der Waals surface area (Å²) < 4.78 is 52.6. The highest BCUT2D eigenvalue weighted by Gasteiger charge is 2.35. The number of halogens is 4. The summed E-state index contributed by atoms with van der Waals surface area (Å²) in [6.07, 6.45) is -4.28. The fourth-order valence-corrected chi connectivity index (χ4v) is 0.631. The molecule has 0 amide bonds. The van der Waals surface area contributed by atoms with Crippen molar-refractivity contribution in [1.29, 1.82) is 0 Å². The van der Waals surface area contributed by atoms with Gasteiger partial charge in [-0.3, -0.25) is 0 Å². The average molecular weight is 196 g/mol. The molecule has 1 aromatic heterocycles. The second-order valence-corrected chi connectivity index (χ2v) is 2.05. The van der Waals surface area contributed by atoms with Crippen LogP contribution >= 0.6 is 0 Å². The molecule has 0 atom stereocenters.